The van der Waals surface area contributed by atoms with Gasteiger partial charge in [-0.2, -0.15) is 5.26 Å². The van der Waals surface area contributed by atoms with E-state index in [1.807, 2.05) is 25.1 Å². The number of carbonyl (C=O) groups excluding carboxylic acids is 1. The van der Waals surface area contributed by atoms with Gasteiger partial charge in [0, 0.05) is 12.6 Å². The van der Waals surface area contributed by atoms with E-state index in [1.54, 1.807) is 6.07 Å². The predicted octanol–water partition coefficient (Wildman–Crippen LogP) is 2.77. The smallest absolute Gasteiger partial charge is 0.308 e. The summed E-state index contributed by atoms with van der Waals surface area (Å²) in [7, 11) is 0. The number of nitrogens with one attached hydrogen (secondary N) is 1. The molecule has 1 aromatic carbocycles. The van der Waals surface area contributed by atoms with Gasteiger partial charge in [-0.1, -0.05) is 18.6 Å². The van der Waals surface area contributed by atoms with Gasteiger partial charge < -0.3 is 10.1 Å². The molecule has 2 rings (SSSR count). The third-order valence-corrected chi connectivity index (χ3v) is 3.95. The number of benzene rings is 1. The molecule has 0 aliphatic heterocycles. The molecule has 1 aliphatic rings. The van der Waals surface area contributed by atoms with E-state index in [2.05, 4.69) is 11.4 Å². The van der Waals surface area contributed by atoms with Gasteiger partial charge in [0.15, 0.2) is 0 Å². The third-order valence-electron chi connectivity index (χ3n) is 3.95. The topological polar surface area (TPSA) is 62.1 Å². The average Bonchev–Trinajstić information content (AvgIpc) is 2.53. The van der Waals surface area contributed by atoms with Crippen molar-refractivity contribution in [3.05, 3.63) is 35.4 Å². The molecule has 1 fully saturated rings. The van der Waals surface area contributed by atoms with Crippen molar-refractivity contribution in [2.45, 2.75) is 45.2 Å². The summed E-state index contributed by atoms with van der Waals surface area (Å²) in [6.07, 6.45) is 3.92. The van der Waals surface area contributed by atoms with Crippen LogP contribution in [0.4, 0.5) is 0 Å². The van der Waals surface area contributed by atoms with Gasteiger partial charge in [-0.3, -0.25) is 4.79 Å². The Hall–Kier alpha value is -1.86. The number of hydrogen-bond acceptors (Lipinski definition) is 4. The van der Waals surface area contributed by atoms with Gasteiger partial charge in [0.1, 0.15) is 0 Å². The van der Waals surface area contributed by atoms with Crippen molar-refractivity contribution in [3.63, 3.8) is 0 Å². The molecular weight excluding hydrogens is 264 g/mol. The minimum atomic E-state index is -0.0597. The molecule has 1 N–H and O–H groups in total. The highest BCUT2D eigenvalue weighted by Gasteiger charge is 2.27. The summed E-state index contributed by atoms with van der Waals surface area (Å²) in [4.78, 5) is 11.8. The van der Waals surface area contributed by atoms with Crippen LogP contribution in [-0.2, 0) is 16.1 Å². The Morgan fingerprint density at radius 2 is 2.33 bits per heavy atom. The molecule has 0 amide bonds. The molecule has 1 aliphatic carbocycles. The lowest BCUT2D eigenvalue weighted by Crippen LogP contribution is -2.36. The van der Waals surface area contributed by atoms with Crippen LogP contribution in [-0.4, -0.2) is 18.6 Å². The molecular formula is C17H22N2O2. The van der Waals surface area contributed by atoms with E-state index in [0.29, 0.717) is 18.2 Å². The van der Waals surface area contributed by atoms with Crippen molar-refractivity contribution in [2.75, 3.05) is 6.61 Å². The zero-order valence-electron chi connectivity index (χ0n) is 12.5. The molecule has 0 heterocycles. The molecule has 4 heteroatoms. The minimum Gasteiger partial charge on any atom is -0.466 e. The maximum absolute atomic E-state index is 11.8. The number of nitrogens with zero attached hydrogens (tertiary/aromatic N) is 1. The highest BCUT2D eigenvalue weighted by Crippen LogP contribution is 2.25. The summed E-state index contributed by atoms with van der Waals surface area (Å²) >= 11 is 0. The first-order valence-corrected chi connectivity index (χ1v) is 7.62. The maximum atomic E-state index is 11.8. The molecule has 1 saturated carbocycles. The fourth-order valence-electron chi connectivity index (χ4n) is 2.86. The molecule has 0 radical (unpaired) electrons. The molecule has 0 aromatic heterocycles. The van der Waals surface area contributed by atoms with E-state index < -0.39 is 0 Å². The Bertz CT molecular complexity index is 522. The molecule has 4 nitrogen and oxygen atoms in total. The van der Waals surface area contributed by atoms with Crippen molar-refractivity contribution < 1.29 is 9.53 Å². The Morgan fingerprint density at radius 1 is 1.48 bits per heavy atom. The van der Waals surface area contributed by atoms with E-state index in [0.717, 1.165) is 37.8 Å². The Kier molecular flexibility index (Phi) is 5.77. The number of rotatable bonds is 5. The zero-order valence-corrected chi connectivity index (χ0v) is 12.5. The van der Waals surface area contributed by atoms with Gasteiger partial charge in [0.25, 0.3) is 0 Å². The molecule has 2 unspecified atom stereocenters. The summed E-state index contributed by atoms with van der Waals surface area (Å²) in [6.45, 7) is 3.03. The second-order valence-corrected chi connectivity index (χ2v) is 5.51. The van der Waals surface area contributed by atoms with Gasteiger partial charge in [-0.05, 0) is 43.9 Å². The van der Waals surface area contributed by atoms with Crippen molar-refractivity contribution in [3.8, 4) is 6.07 Å². The van der Waals surface area contributed by atoms with Crippen LogP contribution >= 0.6 is 0 Å². The van der Waals surface area contributed by atoms with Crippen molar-refractivity contribution >= 4 is 5.97 Å². The van der Waals surface area contributed by atoms with Crippen molar-refractivity contribution in [2.24, 2.45) is 5.92 Å². The third kappa shape index (κ3) is 4.57. The molecule has 21 heavy (non-hydrogen) atoms. The highest BCUT2D eigenvalue weighted by molar-refractivity contribution is 5.72. The summed E-state index contributed by atoms with van der Waals surface area (Å²) in [6, 6.07) is 10.1. The van der Waals surface area contributed by atoms with Gasteiger partial charge in [0.05, 0.1) is 24.2 Å². The predicted molar refractivity (Wildman–Crippen MR) is 80.4 cm³/mol. The second-order valence-electron chi connectivity index (χ2n) is 5.51. The van der Waals surface area contributed by atoms with Crippen LogP contribution < -0.4 is 5.32 Å². The lowest BCUT2D eigenvalue weighted by molar-refractivity contribution is -0.149. The van der Waals surface area contributed by atoms with E-state index in [4.69, 9.17) is 10.00 Å². The minimum absolute atomic E-state index is 0.0293. The first-order valence-electron chi connectivity index (χ1n) is 7.62. The number of carbonyl (C=O) groups is 1. The lowest BCUT2D eigenvalue weighted by atomic mass is 9.85. The maximum Gasteiger partial charge on any atom is 0.308 e. The summed E-state index contributed by atoms with van der Waals surface area (Å²) in [5.41, 5.74) is 1.79. The number of ether oxygens (including phenoxy) is 1. The average molecular weight is 286 g/mol. The standard InChI is InChI=1S/C17H22N2O2/c1-2-21-17(20)15-7-4-8-16(10-15)19-12-14-6-3-5-13(9-14)11-18/h3,5-6,9,15-16,19H,2,4,7-8,10,12H2,1H3. The van der Waals surface area contributed by atoms with E-state index in [1.165, 1.54) is 0 Å². The van der Waals surface area contributed by atoms with Crippen LogP contribution in [0.15, 0.2) is 24.3 Å². The lowest BCUT2D eigenvalue weighted by Gasteiger charge is -2.28. The fraction of sp³-hybridized carbons (Fsp3) is 0.529. The van der Waals surface area contributed by atoms with E-state index in [-0.39, 0.29) is 11.9 Å². The van der Waals surface area contributed by atoms with E-state index in [9.17, 15) is 4.79 Å². The van der Waals surface area contributed by atoms with Gasteiger partial charge >= 0.3 is 5.97 Å². The molecule has 0 bridgehead atoms. The van der Waals surface area contributed by atoms with Crippen LogP contribution in [0.5, 0.6) is 0 Å². The molecule has 2 atom stereocenters. The molecule has 0 saturated heterocycles. The largest absolute Gasteiger partial charge is 0.466 e. The Labute approximate surface area is 126 Å². The summed E-state index contributed by atoms with van der Waals surface area (Å²) < 4.78 is 5.12. The van der Waals surface area contributed by atoms with Gasteiger partial charge in [-0.25, -0.2) is 0 Å². The summed E-state index contributed by atoms with van der Waals surface area (Å²) in [5.74, 6) is -0.0304. The molecule has 1 aromatic rings. The first-order chi connectivity index (χ1) is 10.2. The number of hydrogen-bond donors (Lipinski definition) is 1. The quantitative estimate of drug-likeness (QED) is 0.845. The molecule has 0 spiro atoms. The first kappa shape index (κ1) is 15.5. The van der Waals surface area contributed by atoms with Crippen molar-refractivity contribution in [1.29, 1.82) is 5.26 Å². The van der Waals surface area contributed by atoms with Crippen molar-refractivity contribution in [1.82, 2.24) is 5.32 Å². The van der Waals surface area contributed by atoms with E-state index >= 15 is 0 Å². The number of nitriles is 1. The fourth-order valence-corrected chi connectivity index (χ4v) is 2.86. The van der Waals surface area contributed by atoms with Crippen LogP contribution in [0.1, 0.15) is 43.7 Å². The Balaban J connectivity index is 1.85. The molecule has 112 valence electrons. The van der Waals surface area contributed by atoms with Crippen LogP contribution in [0, 0.1) is 17.2 Å². The van der Waals surface area contributed by atoms with Gasteiger partial charge in [-0.15, -0.1) is 0 Å². The normalized spacial score (nSPS) is 21.5. The summed E-state index contributed by atoms with van der Waals surface area (Å²) in [5, 5.41) is 12.4. The second kappa shape index (κ2) is 7.80. The zero-order chi connectivity index (χ0) is 15.1. The highest BCUT2D eigenvalue weighted by atomic mass is 16.5. The monoisotopic (exact) mass is 286 g/mol. The van der Waals surface area contributed by atoms with Crippen LogP contribution in [0.3, 0.4) is 0 Å². The number of esters is 1. The van der Waals surface area contributed by atoms with Crippen LogP contribution in [0.25, 0.3) is 0 Å². The van der Waals surface area contributed by atoms with Gasteiger partial charge in [0.2, 0.25) is 0 Å². The SMILES string of the molecule is CCOC(=O)C1CCCC(NCc2cccc(C#N)c2)C1. The van der Waals surface area contributed by atoms with Crippen LogP contribution in [0.2, 0.25) is 0 Å². The Morgan fingerprint density at radius 3 is 3.10 bits per heavy atom.